The lowest BCUT2D eigenvalue weighted by Gasteiger charge is -2.22. The number of nitrogens with zero attached hydrogens (tertiary/aromatic N) is 1. The third kappa shape index (κ3) is 4.42. The summed E-state index contributed by atoms with van der Waals surface area (Å²) < 4.78 is 0. The monoisotopic (exact) mass is 254 g/mol. The number of aliphatic hydroxyl groups excluding tert-OH is 4. The van der Waals surface area contributed by atoms with Crippen molar-refractivity contribution >= 4 is 11.9 Å². The fraction of sp³-hybridized carbons (Fsp3) is 0.417. The van der Waals surface area contributed by atoms with Crippen molar-refractivity contribution in [3.8, 4) is 0 Å². The van der Waals surface area contributed by atoms with Gasteiger partial charge in [0, 0.05) is 0 Å². The first kappa shape index (κ1) is 14.6. The number of benzene rings is 1. The molecule has 0 aliphatic carbocycles. The Bertz CT molecular complexity index is 370. The molecular formula is C12H18N2O4. The predicted octanol–water partition coefficient (Wildman–Crippen LogP) is -0.452. The minimum Gasteiger partial charge on any atom is -0.391 e. The normalized spacial score (nSPS) is 18.3. The van der Waals surface area contributed by atoms with Crippen LogP contribution in [0.2, 0.25) is 0 Å². The highest BCUT2D eigenvalue weighted by molar-refractivity contribution is 5.65. The van der Waals surface area contributed by atoms with E-state index in [1.807, 2.05) is 18.2 Å². The molecule has 0 unspecified atom stereocenters. The summed E-state index contributed by atoms with van der Waals surface area (Å²) in [6.07, 6.45) is -4.37. The first-order chi connectivity index (χ1) is 8.52. The summed E-state index contributed by atoms with van der Waals surface area (Å²) in [6, 6.07) is 9.06. The van der Waals surface area contributed by atoms with E-state index in [1.165, 1.54) is 6.92 Å². The summed E-state index contributed by atoms with van der Waals surface area (Å²) in [7, 11) is 0. The third-order valence-corrected chi connectivity index (χ3v) is 2.39. The molecule has 0 saturated carbocycles. The lowest BCUT2D eigenvalue weighted by Crippen LogP contribution is -2.44. The molecule has 6 heteroatoms. The van der Waals surface area contributed by atoms with E-state index in [0.717, 1.165) is 11.9 Å². The van der Waals surface area contributed by atoms with Crippen LogP contribution in [-0.4, -0.2) is 51.1 Å². The Morgan fingerprint density at radius 1 is 1.06 bits per heavy atom. The second kappa shape index (κ2) is 7.07. The molecule has 0 heterocycles. The van der Waals surface area contributed by atoms with Gasteiger partial charge in [0.05, 0.1) is 18.0 Å². The number of hydrazone groups is 1. The molecule has 6 nitrogen and oxygen atoms in total. The molecule has 0 radical (unpaired) electrons. The van der Waals surface area contributed by atoms with Gasteiger partial charge in [-0.3, -0.25) is 5.43 Å². The van der Waals surface area contributed by atoms with Crippen molar-refractivity contribution in [2.24, 2.45) is 5.10 Å². The highest BCUT2D eigenvalue weighted by Gasteiger charge is 2.26. The molecule has 0 fully saturated rings. The number of nitrogens with one attached hydrogen (secondary N) is 1. The molecule has 4 atom stereocenters. The van der Waals surface area contributed by atoms with E-state index in [-0.39, 0.29) is 0 Å². The quantitative estimate of drug-likeness (QED) is 0.349. The summed E-state index contributed by atoms with van der Waals surface area (Å²) >= 11 is 0. The lowest BCUT2D eigenvalue weighted by molar-refractivity contribution is -0.0820. The van der Waals surface area contributed by atoms with E-state index in [9.17, 15) is 15.3 Å². The van der Waals surface area contributed by atoms with Crippen molar-refractivity contribution in [3.63, 3.8) is 0 Å². The molecule has 100 valence electrons. The molecule has 0 bridgehead atoms. The van der Waals surface area contributed by atoms with Crippen molar-refractivity contribution < 1.29 is 20.4 Å². The highest BCUT2D eigenvalue weighted by atomic mass is 16.4. The van der Waals surface area contributed by atoms with Crippen LogP contribution in [0.4, 0.5) is 5.69 Å². The van der Waals surface area contributed by atoms with Crippen LogP contribution >= 0.6 is 0 Å². The topological polar surface area (TPSA) is 105 Å². The number of hydrogen-bond acceptors (Lipinski definition) is 6. The van der Waals surface area contributed by atoms with Crippen LogP contribution in [0.1, 0.15) is 6.92 Å². The van der Waals surface area contributed by atoms with Crippen molar-refractivity contribution in [3.05, 3.63) is 30.3 Å². The second-order valence-corrected chi connectivity index (χ2v) is 3.97. The molecule has 18 heavy (non-hydrogen) atoms. The number of hydrogen-bond donors (Lipinski definition) is 5. The summed E-state index contributed by atoms with van der Waals surface area (Å²) in [5.41, 5.74) is 3.38. The van der Waals surface area contributed by atoms with Gasteiger partial charge >= 0.3 is 0 Å². The van der Waals surface area contributed by atoms with Crippen molar-refractivity contribution in [1.82, 2.24) is 0 Å². The molecular weight excluding hydrogens is 236 g/mol. The van der Waals surface area contributed by atoms with E-state index in [1.54, 1.807) is 12.1 Å². The summed E-state index contributed by atoms with van der Waals surface area (Å²) in [4.78, 5) is 0. The number of rotatable bonds is 6. The molecule has 0 aromatic heterocycles. The minimum atomic E-state index is -1.49. The first-order valence-electron chi connectivity index (χ1n) is 5.59. The Kier molecular flexibility index (Phi) is 5.73. The molecule has 5 N–H and O–H groups in total. The first-order valence-corrected chi connectivity index (χ1v) is 5.59. The van der Waals surface area contributed by atoms with Crippen molar-refractivity contribution in [2.45, 2.75) is 31.3 Å². The van der Waals surface area contributed by atoms with Gasteiger partial charge in [0.2, 0.25) is 0 Å². The number of para-hydroxylation sites is 1. The number of anilines is 1. The molecule has 0 aliphatic heterocycles. The lowest BCUT2D eigenvalue weighted by atomic mass is 10.1. The molecule has 1 rings (SSSR count). The molecule has 0 aliphatic rings. The van der Waals surface area contributed by atoms with Gasteiger partial charge in [-0.25, -0.2) is 0 Å². The molecule has 1 aromatic carbocycles. The van der Waals surface area contributed by atoms with Crippen LogP contribution in [-0.2, 0) is 0 Å². The van der Waals surface area contributed by atoms with E-state index in [0.29, 0.717) is 0 Å². The Morgan fingerprint density at radius 2 is 1.67 bits per heavy atom. The maximum atomic E-state index is 9.50. The summed E-state index contributed by atoms with van der Waals surface area (Å²) in [6.45, 7) is 1.32. The van der Waals surface area contributed by atoms with Gasteiger partial charge in [-0.1, -0.05) is 18.2 Å². The largest absolute Gasteiger partial charge is 0.391 e. The Labute approximate surface area is 105 Å². The smallest absolute Gasteiger partial charge is 0.119 e. The van der Waals surface area contributed by atoms with Gasteiger partial charge in [0.15, 0.2) is 0 Å². The van der Waals surface area contributed by atoms with Gasteiger partial charge in [-0.15, -0.1) is 0 Å². The maximum absolute atomic E-state index is 9.50. The van der Waals surface area contributed by atoms with E-state index >= 15 is 0 Å². The van der Waals surface area contributed by atoms with E-state index in [4.69, 9.17) is 5.11 Å². The maximum Gasteiger partial charge on any atom is 0.119 e. The van der Waals surface area contributed by atoms with Crippen LogP contribution in [0.5, 0.6) is 0 Å². The van der Waals surface area contributed by atoms with Crippen LogP contribution in [0.25, 0.3) is 0 Å². The number of aliphatic hydroxyl groups is 4. The van der Waals surface area contributed by atoms with E-state index < -0.39 is 24.4 Å². The Balaban J connectivity index is 2.47. The standard InChI is InChI=1S/C12H18N2O4/c1-8(15)11(17)12(18)10(16)7-13-14-9-5-3-2-4-6-9/h2-8,10-12,14-18H,1H3/b13-7+/t8-,10-,11-,12-/m0/s1. The molecule has 0 saturated heterocycles. The average Bonchev–Trinajstić information content (AvgIpc) is 2.38. The van der Waals surface area contributed by atoms with Crippen molar-refractivity contribution in [1.29, 1.82) is 0 Å². The zero-order chi connectivity index (χ0) is 13.5. The van der Waals surface area contributed by atoms with Crippen LogP contribution in [0.3, 0.4) is 0 Å². The fourth-order valence-corrected chi connectivity index (χ4v) is 1.28. The zero-order valence-electron chi connectivity index (χ0n) is 10.0. The molecule has 0 spiro atoms. The molecule has 0 amide bonds. The predicted molar refractivity (Wildman–Crippen MR) is 68.3 cm³/mol. The van der Waals surface area contributed by atoms with Gasteiger partial charge in [-0.2, -0.15) is 5.10 Å². The summed E-state index contributed by atoms with van der Waals surface area (Å²) in [5.74, 6) is 0. The van der Waals surface area contributed by atoms with Crippen LogP contribution in [0, 0.1) is 0 Å². The highest BCUT2D eigenvalue weighted by Crippen LogP contribution is 2.06. The van der Waals surface area contributed by atoms with E-state index in [2.05, 4.69) is 10.5 Å². The van der Waals surface area contributed by atoms with Crippen LogP contribution in [0.15, 0.2) is 35.4 Å². The van der Waals surface area contributed by atoms with Gasteiger partial charge in [-0.05, 0) is 19.1 Å². The Hall–Kier alpha value is -1.47. The van der Waals surface area contributed by atoms with Gasteiger partial charge in [0.1, 0.15) is 18.3 Å². The molecule has 1 aromatic rings. The fourth-order valence-electron chi connectivity index (χ4n) is 1.28. The summed E-state index contributed by atoms with van der Waals surface area (Å²) in [5, 5.41) is 41.1. The minimum absolute atomic E-state index is 0.728. The third-order valence-electron chi connectivity index (χ3n) is 2.39. The second-order valence-electron chi connectivity index (χ2n) is 3.97. The zero-order valence-corrected chi connectivity index (χ0v) is 10.0. The van der Waals surface area contributed by atoms with Gasteiger partial charge < -0.3 is 20.4 Å². The SMILES string of the molecule is C[C@H](O)[C@H](O)[C@@H](O)[C@@H](O)/C=N/Nc1ccccc1. The Morgan fingerprint density at radius 3 is 2.22 bits per heavy atom. The van der Waals surface area contributed by atoms with Crippen molar-refractivity contribution in [2.75, 3.05) is 5.43 Å². The average molecular weight is 254 g/mol. The van der Waals surface area contributed by atoms with Crippen LogP contribution < -0.4 is 5.43 Å². The van der Waals surface area contributed by atoms with Gasteiger partial charge in [0.25, 0.3) is 0 Å².